The number of nitrogens with one attached hydrogen (secondary N) is 2. The Balaban J connectivity index is 1.70. The van der Waals surface area contributed by atoms with Crippen molar-refractivity contribution in [3.05, 3.63) is 59.7 Å². The molecule has 0 saturated heterocycles. The summed E-state index contributed by atoms with van der Waals surface area (Å²) >= 11 is 0. The monoisotopic (exact) mass is 534 g/mol. The van der Waals surface area contributed by atoms with E-state index in [1.807, 2.05) is 0 Å². The van der Waals surface area contributed by atoms with Gasteiger partial charge in [-0.05, 0) is 85.4 Å². The molecule has 10 heteroatoms. The largest absolute Gasteiger partial charge is 0.573 e. The molecule has 0 spiro atoms. The van der Waals surface area contributed by atoms with Crippen LogP contribution in [0, 0.1) is 17.3 Å². The van der Waals surface area contributed by atoms with Crippen molar-refractivity contribution in [3.63, 3.8) is 0 Å². The Hall–Kier alpha value is -3.56. The van der Waals surface area contributed by atoms with Crippen LogP contribution in [0.3, 0.4) is 0 Å². The lowest BCUT2D eigenvalue weighted by atomic mass is 9.68. The molecule has 0 aliphatic heterocycles. The number of rotatable bonds is 10. The Morgan fingerprint density at radius 1 is 1.03 bits per heavy atom. The van der Waals surface area contributed by atoms with Crippen molar-refractivity contribution in [2.75, 3.05) is 11.9 Å². The maximum atomic E-state index is 13.4. The molecule has 2 amide bonds. The summed E-state index contributed by atoms with van der Waals surface area (Å²) in [6.45, 7) is 4.45. The molecule has 1 aliphatic carbocycles. The van der Waals surface area contributed by atoms with Crippen LogP contribution < -0.4 is 15.4 Å². The molecule has 3 rings (SSSR count). The van der Waals surface area contributed by atoms with Gasteiger partial charge in [-0.1, -0.05) is 26.0 Å². The summed E-state index contributed by atoms with van der Waals surface area (Å²) in [7, 11) is 0. The number of carbonyl (C=O) groups is 3. The second kappa shape index (κ2) is 12.3. The number of ether oxygens (including phenoxy) is 1. The molecular formula is C28H33F3N2O5. The van der Waals surface area contributed by atoms with Crippen LogP contribution in [-0.4, -0.2) is 35.8 Å². The molecule has 1 saturated carbocycles. The van der Waals surface area contributed by atoms with Gasteiger partial charge in [0.15, 0.2) is 0 Å². The van der Waals surface area contributed by atoms with Crippen LogP contribution in [0.4, 0.5) is 18.9 Å². The first-order chi connectivity index (χ1) is 17.8. The van der Waals surface area contributed by atoms with Crippen LogP contribution in [-0.2, 0) is 16.0 Å². The van der Waals surface area contributed by atoms with Crippen molar-refractivity contribution in [2.45, 2.75) is 58.7 Å². The molecule has 2 aromatic carbocycles. The molecule has 1 fully saturated rings. The van der Waals surface area contributed by atoms with Crippen LogP contribution in [0.1, 0.15) is 61.9 Å². The highest BCUT2D eigenvalue weighted by molar-refractivity contribution is 5.94. The van der Waals surface area contributed by atoms with Crippen molar-refractivity contribution in [2.24, 2.45) is 17.3 Å². The number of anilines is 1. The van der Waals surface area contributed by atoms with Gasteiger partial charge in [-0.2, -0.15) is 0 Å². The smallest absolute Gasteiger partial charge is 0.481 e. The Morgan fingerprint density at radius 2 is 1.63 bits per heavy atom. The third-order valence-corrected chi connectivity index (χ3v) is 6.94. The third-order valence-electron chi connectivity index (χ3n) is 6.94. The number of aliphatic carboxylic acids is 1. The van der Waals surface area contributed by atoms with Crippen LogP contribution >= 0.6 is 0 Å². The van der Waals surface area contributed by atoms with Crippen molar-refractivity contribution in [1.29, 1.82) is 0 Å². The lowest BCUT2D eigenvalue weighted by Crippen LogP contribution is -2.35. The highest BCUT2D eigenvalue weighted by atomic mass is 19.4. The van der Waals surface area contributed by atoms with E-state index in [0.717, 1.165) is 43.4 Å². The number of alkyl halides is 3. The summed E-state index contributed by atoms with van der Waals surface area (Å²) in [4.78, 5) is 36.3. The highest BCUT2D eigenvalue weighted by Gasteiger charge is 2.35. The van der Waals surface area contributed by atoms with Crippen molar-refractivity contribution in [3.8, 4) is 5.75 Å². The molecule has 0 aromatic heterocycles. The minimum Gasteiger partial charge on any atom is -0.481 e. The summed E-state index contributed by atoms with van der Waals surface area (Å²) in [5.74, 6) is -2.19. The fraction of sp³-hybridized carbons (Fsp3) is 0.464. The normalized spacial score (nSPS) is 16.3. The number of amides is 2. The summed E-state index contributed by atoms with van der Waals surface area (Å²) < 4.78 is 41.2. The summed E-state index contributed by atoms with van der Waals surface area (Å²) in [5.41, 5.74) is 1.84. The number of hydrogen-bond donors (Lipinski definition) is 3. The van der Waals surface area contributed by atoms with Crippen molar-refractivity contribution >= 4 is 23.5 Å². The lowest BCUT2D eigenvalue weighted by molar-refractivity contribution is -0.274. The van der Waals surface area contributed by atoms with Gasteiger partial charge in [-0.15, -0.1) is 13.2 Å². The number of benzene rings is 2. The topological polar surface area (TPSA) is 105 Å². The van der Waals surface area contributed by atoms with Crippen LogP contribution in [0.5, 0.6) is 5.75 Å². The second-order valence-corrected chi connectivity index (χ2v) is 10.5. The van der Waals surface area contributed by atoms with Gasteiger partial charge in [-0.3, -0.25) is 14.4 Å². The van der Waals surface area contributed by atoms with Crippen molar-refractivity contribution < 1.29 is 37.4 Å². The SMILES string of the molecule is CC1(C)CCC(C(Cc2ccc(C(=O)NCCC(=O)O)cc2)C(=O)Nc2ccc(OC(F)(F)F)cc2)CC1. The number of halogens is 3. The zero-order chi connectivity index (χ0) is 27.9. The zero-order valence-corrected chi connectivity index (χ0v) is 21.4. The molecule has 1 atom stereocenters. The fourth-order valence-electron chi connectivity index (χ4n) is 4.70. The Kier molecular flexibility index (Phi) is 9.40. The average Bonchev–Trinajstić information content (AvgIpc) is 2.83. The predicted molar refractivity (Wildman–Crippen MR) is 136 cm³/mol. The summed E-state index contributed by atoms with van der Waals surface area (Å²) in [6.07, 6.45) is -0.787. The van der Waals surface area contributed by atoms with E-state index in [4.69, 9.17) is 5.11 Å². The van der Waals surface area contributed by atoms with E-state index in [1.165, 1.54) is 12.1 Å². The maximum Gasteiger partial charge on any atom is 0.573 e. The molecular weight excluding hydrogens is 501 g/mol. The molecule has 7 nitrogen and oxygen atoms in total. The minimum atomic E-state index is -4.79. The zero-order valence-electron chi connectivity index (χ0n) is 21.4. The van der Waals surface area contributed by atoms with Gasteiger partial charge in [0.25, 0.3) is 5.91 Å². The van der Waals surface area contributed by atoms with Gasteiger partial charge >= 0.3 is 12.3 Å². The Labute approximate surface area is 219 Å². The van der Waals surface area contributed by atoms with Gasteiger partial charge in [0, 0.05) is 23.7 Å². The first-order valence-corrected chi connectivity index (χ1v) is 12.6. The second-order valence-electron chi connectivity index (χ2n) is 10.5. The van der Waals surface area contributed by atoms with E-state index in [9.17, 15) is 27.6 Å². The lowest BCUT2D eigenvalue weighted by Gasteiger charge is -2.37. The van der Waals surface area contributed by atoms with Gasteiger partial charge in [-0.25, -0.2) is 0 Å². The molecule has 1 unspecified atom stereocenters. The Bertz CT molecular complexity index is 1100. The standard InChI is InChI=1S/C28H33F3N2O5/c1-27(2)14-11-19(12-15-27)23(26(37)33-21-7-9-22(10-8-21)38-28(29,30)31)17-18-3-5-20(6-4-18)25(36)32-16-13-24(34)35/h3-10,19,23H,11-17H2,1-2H3,(H,32,36)(H,33,37)(H,34,35). The maximum absolute atomic E-state index is 13.4. The van der Waals surface area contributed by atoms with Crippen LogP contribution in [0.25, 0.3) is 0 Å². The van der Waals surface area contributed by atoms with E-state index in [1.54, 1.807) is 24.3 Å². The number of hydrogen-bond acceptors (Lipinski definition) is 4. The minimum absolute atomic E-state index is 0.0273. The predicted octanol–water partition coefficient (Wildman–Crippen LogP) is 5.80. The van der Waals surface area contributed by atoms with Crippen LogP contribution in [0.2, 0.25) is 0 Å². The van der Waals surface area contributed by atoms with Gasteiger partial charge < -0.3 is 20.5 Å². The molecule has 0 bridgehead atoms. The summed E-state index contributed by atoms with van der Waals surface area (Å²) in [6, 6.07) is 11.9. The number of carbonyl (C=O) groups excluding carboxylic acids is 2. The van der Waals surface area contributed by atoms with Gasteiger partial charge in [0.1, 0.15) is 5.75 Å². The first-order valence-electron chi connectivity index (χ1n) is 12.6. The van der Waals surface area contributed by atoms with Gasteiger partial charge in [0.2, 0.25) is 5.91 Å². The van der Waals surface area contributed by atoms with E-state index >= 15 is 0 Å². The summed E-state index contributed by atoms with van der Waals surface area (Å²) in [5, 5.41) is 14.1. The molecule has 38 heavy (non-hydrogen) atoms. The fourth-order valence-corrected chi connectivity index (χ4v) is 4.70. The van der Waals surface area contributed by atoms with Crippen molar-refractivity contribution in [1.82, 2.24) is 5.32 Å². The molecule has 0 heterocycles. The number of carboxylic acid groups (broad SMARTS) is 1. The first kappa shape index (κ1) is 29.0. The van der Waals surface area contributed by atoms with Crippen LogP contribution in [0.15, 0.2) is 48.5 Å². The Morgan fingerprint density at radius 3 is 2.18 bits per heavy atom. The molecule has 1 aliphatic rings. The van der Waals surface area contributed by atoms with E-state index in [0.29, 0.717) is 17.7 Å². The van der Waals surface area contributed by atoms with E-state index in [2.05, 4.69) is 29.2 Å². The third kappa shape index (κ3) is 9.08. The highest BCUT2D eigenvalue weighted by Crippen LogP contribution is 2.42. The van der Waals surface area contributed by atoms with Gasteiger partial charge in [0.05, 0.1) is 6.42 Å². The molecule has 2 aromatic rings. The van der Waals surface area contributed by atoms with E-state index in [-0.39, 0.29) is 47.8 Å². The average molecular weight is 535 g/mol. The van der Waals surface area contributed by atoms with E-state index < -0.39 is 12.3 Å². The molecule has 0 radical (unpaired) electrons. The molecule has 3 N–H and O–H groups in total. The quantitative estimate of drug-likeness (QED) is 0.357. The number of carboxylic acids is 1. The molecule has 206 valence electrons.